The van der Waals surface area contributed by atoms with Gasteiger partial charge in [-0.15, -0.1) is 10.2 Å². The van der Waals surface area contributed by atoms with Gasteiger partial charge in [0.25, 0.3) is 0 Å². The largest absolute Gasteiger partial charge is 0.497 e. The Morgan fingerprint density at radius 1 is 1.37 bits per heavy atom. The predicted molar refractivity (Wildman–Crippen MR) is 109 cm³/mol. The molecule has 1 aromatic carbocycles. The fourth-order valence-corrected chi connectivity index (χ4v) is 3.91. The van der Waals surface area contributed by atoms with Crippen LogP contribution in [0.1, 0.15) is 27.7 Å². The van der Waals surface area contributed by atoms with E-state index < -0.39 is 10.8 Å². The molecule has 0 saturated carbocycles. The lowest BCUT2D eigenvalue weighted by Gasteiger charge is -2.28. The predicted octanol–water partition coefficient (Wildman–Crippen LogP) is 3.83. The average Bonchev–Trinajstić information content (AvgIpc) is 3.08. The number of ether oxygens (including phenoxy) is 1. The number of hydrogen-bond acceptors (Lipinski definition) is 8. The number of nitriles is 1. The highest BCUT2D eigenvalue weighted by Gasteiger charge is 2.32. The van der Waals surface area contributed by atoms with Gasteiger partial charge < -0.3 is 15.4 Å². The minimum Gasteiger partial charge on any atom is -0.497 e. The molecule has 1 amide bonds. The number of anilines is 2. The maximum Gasteiger partial charge on any atom is 0.234 e. The van der Waals surface area contributed by atoms with Crippen molar-refractivity contribution in [3.05, 3.63) is 24.3 Å². The molecule has 9 heteroatoms. The third-order valence-corrected chi connectivity index (χ3v) is 6.17. The van der Waals surface area contributed by atoms with Crippen molar-refractivity contribution in [3.63, 3.8) is 0 Å². The van der Waals surface area contributed by atoms with Gasteiger partial charge in [0.1, 0.15) is 11.3 Å². The number of aromatic nitrogens is 2. The van der Waals surface area contributed by atoms with Crippen LogP contribution in [0.5, 0.6) is 5.75 Å². The van der Waals surface area contributed by atoms with E-state index in [2.05, 4.69) is 26.9 Å². The minimum absolute atomic E-state index is 0.00356. The van der Waals surface area contributed by atoms with E-state index in [0.29, 0.717) is 9.47 Å². The van der Waals surface area contributed by atoms with E-state index >= 15 is 0 Å². The Morgan fingerprint density at radius 2 is 2.11 bits per heavy atom. The lowest BCUT2D eigenvalue weighted by Crippen LogP contribution is -2.51. The minimum atomic E-state index is -0.897. The van der Waals surface area contributed by atoms with E-state index in [4.69, 9.17) is 4.74 Å². The Morgan fingerprint density at radius 3 is 2.74 bits per heavy atom. The van der Waals surface area contributed by atoms with Crippen LogP contribution in [0.3, 0.4) is 0 Å². The molecule has 1 aromatic heterocycles. The molecule has 0 radical (unpaired) electrons. The Hall–Kier alpha value is -2.31. The summed E-state index contributed by atoms with van der Waals surface area (Å²) in [5.74, 6) is 0.550. The van der Waals surface area contributed by atoms with Crippen molar-refractivity contribution in [1.29, 1.82) is 5.26 Å². The zero-order valence-corrected chi connectivity index (χ0v) is 17.6. The van der Waals surface area contributed by atoms with E-state index in [1.807, 2.05) is 38.1 Å². The second kappa shape index (κ2) is 9.06. The van der Waals surface area contributed by atoms with E-state index in [9.17, 15) is 10.1 Å². The highest BCUT2D eigenvalue weighted by atomic mass is 32.2. The second-order valence-corrected chi connectivity index (χ2v) is 9.01. The maximum atomic E-state index is 12.4. The number of methoxy groups -OCH3 is 1. The molecule has 0 spiro atoms. The number of rotatable bonds is 8. The molecule has 2 aromatic rings. The van der Waals surface area contributed by atoms with Gasteiger partial charge in [-0.25, -0.2) is 0 Å². The van der Waals surface area contributed by atoms with Crippen LogP contribution in [0.25, 0.3) is 0 Å². The Labute approximate surface area is 167 Å². The maximum absolute atomic E-state index is 12.4. The molecule has 27 heavy (non-hydrogen) atoms. The van der Waals surface area contributed by atoms with Gasteiger partial charge >= 0.3 is 0 Å². The Bertz CT molecular complexity index is 833. The van der Waals surface area contributed by atoms with E-state index in [1.54, 1.807) is 21.0 Å². The van der Waals surface area contributed by atoms with Crippen molar-refractivity contribution in [1.82, 2.24) is 15.5 Å². The molecule has 2 atom stereocenters. The zero-order chi connectivity index (χ0) is 20.0. The summed E-state index contributed by atoms with van der Waals surface area (Å²) in [5, 5.41) is 23.8. The summed E-state index contributed by atoms with van der Waals surface area (Å²) in [5.41, 5.74) is -0.0545. The average molecular weight is 406 g/mol. The van der Waals surface area contributed by atoms with Crippen LogP contribution >= 0.6 is 23.1 Å². The number of thioether (sulfide) groups is 1. The van der Waals surface area contributed by atoms with Gasteiger partial charge in [0.05, 0.1) is 18.4 Å². The normalized spacial score (nSPS) is 14.1. The first kappa shape index (κ1) is 21.0. The van der Waals surface area contributed by atoms with Gasteiger partial charge in [-0.1, -0.05) is 43.0 Å². The van der Waals surface area contributed by atoms with E-state index in [-0.39, 0.29) is 11.8 Å². The Kier molecular flexibility index (Phi) is 7.05. The van der Waals surface area contributed by atoms with Crippen LogP contribution in [0, 0.1) is 17.2 Å². The Balaban J connectivity index is 1.98. The number of carbonyl (C=O) groups is 1. The van der Waals surface area contributed by atoms with Gasteiger partial charge in [-0.2, -0.15) is 5.26 Å². The first-order chi connectivity index (χ1) is 12.8. The monoisotopic (exact) mass is 405 g/mol. The van der Waals surface area contributed by atoms with Crippen LogP contribution in [0.2, 0.25) is 0 Å². The summed E-state index contributed by atoms with van der Waals surface area (Å²) in [6.07, 6.45) is 0. The summed E-state index contributed by atoms with van der Waals surface area (Å²) in [6.45, 7) is 7.33. The lowest BCUT2D eigenvalue weighted by atomic mass is 9.90. The highest BCUT2D eigenvalue weighted by molar-refractivity contribution is 8.02. The molecule has 144 valence electrons. The van der Waals surface area contributed by atoms with Crippen LogP contribution in [-0.2, 0) is 4.79 Å². The van der Waals surface area contributed by atoms with Gasteiger partial charge in [0.2, 0.25) is 11.0 Å². The molecule has 0 aliphatic carbocycles. The topological polar surface area (TPSA) is 99.9 Å². The van der Waals surface area contributed by atoms with Crippen molar-refractivity contribution in [2.75, 3.05) is 12.4 Å². The fraction of sp³-hybridized carbons (Fsp3) is 0.444. The SMILES string of the molecule is COc1cccc(Nc2nnc(SC(C)C(=O)NC(C)(C#N)C(C)C)s2)c1. The summed E-state index contributed by atoms with van der Waals surface area (Å²) in [6, 6.07) is 9.69. The number of hydrogen-bond donors (Lipinski definition) is 2. The number of amides is 1. The van der Waals surface area contributed by atoms with Gasteiger partial charge in [-0.3, -0.25) is 4.79 Å². The fourth-order valence-electron chi connectivity index (χ4n) is 2.00. The van der Waals surface area contributed by atoms with Crippen LogP contribution in [0.4, 0.5) is 10.8 Å². The zero-order valence-electron chi connectivity index (χ0n) is 15.9. The molecule has 2 rings (SSSR count). The summed E-state index contributed by atoms with van der Waals surface area (Å²) in [7, 11) is 1.61. The van der Waals surface area contributed by atoms with Gasteiger partial charge in [0.15, 0.2) is 4.34 Å². The highest BCUT2D eigenvalue weighted by Crippen LogP contribution is 2.31. The molecule has 0 aliphatic rings. The smallest absolute Gasteiger partial charge is 0.234 e. The molecule has 1 heterocycles. The molecular weight excluding hydrogens is 382 g/mol. The quantitative estimate of drug-likeness (QED) is 0.644. The first-order valence-electron chi connectivity index (χ1n) is 8.42. The van der Waals surface area contributed by atoms with Crippen LogP contribution in [-0.4, -0.2) is 34.0 Å². The number of benzene rings is 1. The van der Waals surface area contributed by atoms with Gasteiger partial charge in [-0.05, 0) is 31.9 Å². The molecule has 2 N–H and O–H groups in total. The van der Waals surface area contributed by atoms with Crippen molar-refractivity contribution in [3.8, 4) is 11.8 Å². The van der Waals surface area contributed by atoms with Crippen LogP contribution < -0.4 is 15.4 Å². The third-order valence-electron chi connectivity index (χ3n) is 4.14. The molecule has 0 aliphatic heterocycles. The van der Waals surface area contributed by atoms with Crippen molar-refractivity contribution < 1.29 is 9.53 Å². The molecule has 0 saturated heterocycles. The first-order valence-corrected chi connectivity index (χ1v) is 10.1. The third kappa shape index (κ3) is 5.58. The number of nitrogens with one attached hydrogen (secondary N) is 2. The van der Waals surface area contributed by atoms with E-state index in [0.717, 1.165) is 11.4 Å². The molecule has 2 unspecified atom stereocenters. The molecule has 0 fully saturated rings. The van der Waals surface area contributed by atoms with Gasteiger partial charge in [0, 0.05) is 11.8 Å². The summed E-state index contributed by atoms with van der Waals surface area (Å²) < 4.78 is 5.87. The standard InChI is InChI=1S/C18H23N5O2S2/c1-11(2)18(4,10-19)21-15(24)12(3)26-17-23-22-16(27-17)20-13-7-6-8-14(9-13)25-5/h6-9,11-12H,1-5H3,(H,20,22)(H,21,24). The van der Waals surface area contributed by atoms with Crippen molar-refractivity contribution in [2.24, 2.45) is 5.92 Å². The molecule has 7 nitrogen and oxygen atoms in total. The lowest BCUT2D eigenvalue weighted by molar-refractivity contribution is -0.121. The summed E-state index contributed by atoms with van der Waals surface area (Å²) in [4.78, 5) is 12.4. The van der Waals surface area contributed by atoms with Crippen LogP contribution in [0.15, 0.2) is 28.6 Å². The van der Waals surface area contributed by atoms with Crippen molar-refractivity contribution in [2.45, 2.75) is 42.8 Å². The second-order valence-electron chi connectivity index (χ2n) is 6.45. The van der Waals surface area contributed by atoms with Crippen molar-refractivity contribution >= 4 is 39.8 Å². The number of nitrogens with zero attached hydrogens (tertiary/aromatic N) is 3. The molecule has 0 bridgehead atoms. The van der Waals surface area contributed by atoms with E-state index in [1.165, 1.54) is 23.1 Å². The molecular formula is C18H23N5O2S2. The summed E-state index contributed by atoms with van der Waals surface area (Å²) >= 11 is 2.67. The number of carbonyl (C=O) groups excluding carboxylic acids is 1.